The Morgan fingerprint density at radius 3 is 2.25 bits per heavy atom. The molecular weight excluding hydrogens is 150 g/mol. The lowest BCUT2D eigenvalue weighted by molar-refractivity contribution is -0.151. The van der Waals surface area contributed by atoms with Gasteiger partial charge in [-0.3, -0.25) is 0 Å². The van der Waals surface area contributed by atoms with E-state index in [0.29, 0.717) is 5.41 Å². The lowest BCUT2D eigenvalue weighted by atomic mass is 9.50. The van der Waals surface area contributed by atoms with Crippen molar-refractivity contribution in [2.45, 2.75) is 44.6 Å². The van der Waals surface area contributed by atoms with E-state index in [4.69, 9.17) is 5.73 Å². The molecule has 3 N–H and O–H groups in total. The SMILES string of the molecule is CC1(O)CC(CN)(C2CCC2)C1. The zero-order chi connectivity index (χ0) is 8.82. The number of rotatable bonds is 2. The molecule has 0 aromatic rings. The second kappa shape index (κ2) is 2.46. The minimum absolute atomic E-state index is 0.321. The van der Waals surface area contributed by atoms with Crippen molar-refractivity contribution in [3.8, 4) is 0 Å². The number of hydrogen-bond donors (Lipinski definition) is 2. The lowest BCUT2D eigenvalue weighted by Crippen LogP contribution is -2.58. The van der Waals surface area contributed by atoms with Crippen molar-refractivity contribution in [1.82, 2.24) is 0 Å². The van der Waals surface area contributed by atoms with Crippen LogP contribution in [-0.2, 0) is 0 Å². The maximum atomic E-state index is 9.69. The molecule has 2 aliphatic rings. The molecular formula is C10H19NO. The molecule has 0 amide bonds. The second-order valence-electron chi connectivity index (χ2n) is 5.04. The van der Waals surface area contributed by atoms with Gasteiger partial charge in [-0.15, -0.1) is 0 Å². The predicted molar refractivity (Wildman–Crippen MR) is 48.7 cm³/mol. The Morgan fingerprint density at radius 2 is 2.00 bits per heavy atom. The molecule has 70 valence electrons. The quantitative estimate of drug-likeness (QED) is 0.654. The maximum absolute atomic E-state index is 9.69. The van der Waals surface area contributed by atoms with E-state index >= 15 is 0 Å². The maximum Gasteiger partial charge on any atom is 0.0631 e. The normalized spacial score (nSPS) is 48.2. The summed E-state index contributed by atoms with van der Waals surface area (Å²) in [6.45, 7) is 2.70. The average Bonchev–Trinajstić information content (AvgIpc) is 1.78. The van der Waals surface area contributed by atoms with Crippen molar-refractivity contribution < 1.29 is 5.11 Å². The molecule has 2 rings (SSSR count). The molecule has 2 aliphatic carbocycles. The lowest BCUT2D eigenvalue weighted by Gasteiger charge is -2.58. The van der Waals surface area contributed by atoms with Crippen LogP contribution in [-0.4, -0.2) is 17.3 Å². The summed E-state index contributed by atoms with van der Waals surface area (Å²) in [4.78, 5) is 0. The largest absolute Gasteiger partial charge is 0.390 e. The summed E-state index contributed by atoms with van der Waals surface area (Å²) in [6.07, 6.45) is 5.91. The van der Waals surface area contributed by atoms with E-state index in [-0.39, 0.29) is 0 Å². The highest BCUT2D eigenvalue weighted by molar-refractivity contribution is 5.07. The van der Waals surface area contributed by atoms with E-state index in [0.717, 1.165) is 25.3 Å². The zero-order valence-corrected chi connectivity index (χ0v) is 7.84. The second-order valence-corrected chi connectivity index (χ2v) is 5.04. The molecule has 2 heteroatoms. The first kappa shape index (κ1) is 8.52. The first-order valence-corrected chi connectivity index (χ1v) is 5.00. The molecule has 2 nitrogen and oxygen atoms in total. The summed E-state index contributed by atoms with van der Waals surface area (Å²) in [5, 5.41) is 9.69. The smallest absolute Gasteiger partial charge is 0.0631 e. The van der Waals surface area contributed by atoms with E-state index in [1.54, 1.807) is 0 Å². The molecule has 0 heterocycles. The fourth-order valence-corrected chi connectivity index (χ4v) is 3.09. The first-order chi connectivity index (χ1) is 5.58. The fourth-order valence-electron chi connectivity index (χ4n) is 3.09. The standard InChI is InChI=1S/C10H19NO/c1-9(12)5-10(6-9,7-11)8-3-2-4-8/h8,12H,2-7,11H2,1H3. The minimum atomic E-state index is -0.408. The molecule has 0 atom stereocenters. The van der Waals surface area contributed by atoms with Gasteiger partial charge in [0.1, 0.15) is 0 Å². The zero-order valence-electron chi connectivity index (χ0n) is 7.84. The van der Waals surface area contributed by atoms with Crippen LogP contribution in [0, 0.1) is 11.3 Å². The van der Waals surface area contributed by atoms with Crippen LogP contribution in [0.15, 0.2) is 0 Å². The monoisotopic (exact) mass is 169 g/mol. The van der Waals surface area contributed by atoms with Gasteiger partial charge in [-0.05, 0) is 50.5 Å². The molecule has 0 radical (unpaired) electrons. The van der Waals surface area contributed by atoms with Gasteiger partial charge in [0.25, 0.3) is 0 Å². The molecule has 2 saturated carbocycles. The fraction of sp³-hybridized carbons (Fsp3) is 1.00. The van der Waals surface area contributed by atoms with Crippen molar-refractivity contribution in [2.75, 3.05) is 6.54 Å². The summed E-state index contributed by atoms with van der Waals surface area (Å²) in [7, 11) is 0. The minimum Gasteiger partial charge on any atom is -0.390 e. The molecule has 0 aliphatic heterocycles. The Balaban J connectivity index is 1.99. The summed E-state index contributed by atoms with van der Waals surface area (Å²) < 4.78 is 0. The van der Waals surface area contributed by atoms with Crippen molar-refractivity contribution in [3.05, 3.63) is 0 Å². The molecule has 0 spiro atoms. The summed E-state index contributed by atoms with van der Waals surface area (Å²) >= 11 is 0. The highest BCUT2D eigenvalue weighted by atomic mass is 16.3. The van der Waals surface area contributed by atoms with Crippen LogP contribution in [0.1, 0.15) is 39.0 Å². The molecule has 0 unspecified atom stereocenters. The molecule has 2 fully saturated rings. The van der Waals surface area contributed by atoms with Crippen molar-refractivity contribution in [2.24, 2.45) is 17.1 Å². The highest BCUT2D eigenvalue weighted by Crippen LogP contribution is 2.57. The summed E-state index contributed by atoms with van der Waals surface area (Å²) in [5.74, 6) is 0.822. The number of aliphatic hydroxyl groups is 1. The van der Waals surface area contributed by atoms with Crippen LogP contribution < -0.4 is 5.73 Å². The van der Waals surface area contributed by atoms with Crippen LogP contribution in [0.5, 0.6) is 0 Å². The summed E-state index contributed by atoms with van der Waals surface area (Å²) in [6, 6.07) is 0. The van der Waals surface area contributed by atoms with Gasteiger partial charge in [-0.25, -0.2) is 0 Å². The van der Waals surface area contributed by atoms with E-state index in [9.17, 15) is 5.11 Å². The Bertz CT molecular complexity index is 176. The van der Waals surface area contributed by atoms with Gasteiger partial charge < -0.3 is 10.8 Å². The predicted octanol–water partition coefficient (Wildman–Crippen LogP) is 1.28. The van der Waals surface area contributed by atoms with Crippen molar-refractivity contribution >= 4 is 0 Å². The van der Waals surface area contributed by atoms with Gasteiger partial charge in [-0.2, -0.15) is 0 Å². The number of nitrogens with two attached hydrogens (primary N) is 1. The van der Waals surface area contributed by atoms with Gasteiger partial charge in [0.05, 0.1) is 5.60 Å². The third-order valence-corrected chi connectivity index (χ3v) is 3.84. The Morgan fingerprint density at radius 1 is 1.42 bits per heavy atom. The Kier molecular flexibility index (Phi) is 1.74. The van der Waals surface area contributed by atoms with Crippen LogP contribution in [0.2, 0.25) is 0 Å². The topological polar surface area (TPSA) is 46.2 Å². The average molecular weight is 169 g/mol. The third-order valence-electron chi connectivity index (χ3n) is 3.84. The number of hydrogen-bond acceptors (Lipinski definition) is 2. The van der Waals surface area contributed by atoms with Gasteiger partial charge >= 0.3 is 0 Å². The molecule has 0 bridgehead atoms. The molecule has 0 aromatic carbocycles. The van der Waals surface area contributed by atoms with Crippen LogP contribution >= 0.6 is 0 Å². The Labute approximate surface area is 74.1 Å². The molecule has 0 saturated heterocycles. The summed E-state index contributed by atoms with van der Waals surface area (Å²) in [5.41, 5.74) is 5.70. The Hall–Kier alpha value is -0.0800. The van der Waals surface area contributed by atoms with E-state index in [2.05, 4.69) is 0 Å². The van der Waals surface area contributed by atoms with Gasteiger partial charge in [-0.1, -0.05) is 6.42 Å². The van der Waals surface area contributed by atoms with Crippen molar-refractivity contribution in [3.63, 3.8) is 0 Å². The molecule has 12 heavy (non-hydrogen) atoms. The molecule has 0 aromatic heterocycles. The van der Waals surface area contributed by atoms with Crippen LogP contribution in [0.4, 0.5) is 0 Å². The van der Waals surface area contributed by atoms with Gasteiger partial charge in [0.15, 0.2) is 0 Å². The van der Waals surface area contributed by atoms with Gasteiger partial charge in [0, 0.05) is 0 Å². The van der Waals surface area contributed by atoms with Crippen LogP contribution in [0.25, 0.3) is 0 Å². The third kappa shape index (κ3) is 1.09. The van der Waals surface area contributed by atoms with Crippen LogP contribution in [0.3, 0.4) is 0 Å². The highest BCUT2D eigenvalue weighted by Gasteiger charge is 2.55. The van der Waals surface area contributed by atoms with E-state index < -0.39 is 5.60 Å². The van der Waals surface area contributed by atoms with Gasteiger partial charge in [0.2, 0.25) is 0 Å². The van der Waals surface area contributed by atoms with E-state index in [1.807, 2.05) is 6.92 Å². The van der Waals surface area contributed by atoms with E-state index in [1.165, 1.54) is 19.3 Å². The first-order valence-electron chi connectivity index (χ1n) is 5.00. The van der Waals surface area contributed by atoms with Crippen molar-refractivity contribution in [1.29, 1.82) is 0 Å².